The van der Waals surface area contributed by atoms with Crippen molar-refractivity contribution in [3.8, 4) is 17.1 Å². The van der Waals surface area contributed by atoms with E-state index in [2.05, 4.69) is 36.7 Å². The van der Waals surface area contributed by atoms with Crippen LogP contribution < -0.4 is 5.43 Å². The van der Waals surface area contributed by atoms with E-state index >= 15 is 0 Å². The fraction of sp³-hybridized carbons (Fsp3) is 0.0833. The molecule has 8 heteroatoms. The molecule has 160 valence electrons. The normalized spacial score (nSPS) is 11.1. The number of carbonyl (C=O) groups is 1. The molecule has 1 aromatic heterocycles. The zero-order valence-corrected chi connectivity index (χ0v) is 19.7. The van der Waals surface area contributed by atoms with Gasteiger partial charge in [-0.2, -0.15) is 5.10 Å². The lowest BCUT2D eigenvalue weighted by Gasteiger charge is -2.10. The van der Waals surface area contributed by atoms with E-state index < -0.39 is 0 Å². The van der Waals surface area contributed by atoms with Crippen molar-refractivity contribution in [2.45, 2.75) is 12.1 Å². The zero-order chi connectivity index (χ0) is 22.3. The molecule has 0 aliphatic heterocycles. The Kier molecular flexibility index (Phi) is 7.14. The van der Waals surface area contributed by atoms with Crippen LogP contribution in [-0.2, 0) is 4.79 Å². The van der Waals surface area contributed by atoms with Crippen LogP contribution in [0.2, 0.25) is 0 Å². The molecular formula is C24H20BrN5OS. The van der Waals surface area contributed by atoms with Gasteiger partial charge in [-0.05, 0) is 36.8 Å². The number of amides is 1. The van der Waals surface area contributed by atoms with E-state index in [9.17, 15) is 4.79 Å². The molecule has 4 rings (SSSR count). The highest BCUT2D eigenvalue weighted by Gasteiger charge is 2.17. The second kappa shape index (κ2) is 10.4. The molecule has 0 saturated carbocycles. The van der Waals surface area contributed by atoms with Gasteiger partial charge < -0.3 is 0 Å². The van der Waals surface area contributed by atoms with Gasteiger partial charge in [0, 0.05) is 15.7 Å². The zero-order valence-electron chi connectivity index (χ0n) is 17.3. The van der Waals surface area contributed by atoms with E-state index in [1.807, 2.05) is 90.4 Å². The molecule has 32 heavy (non-hydrogen) atoms. The van der Waals surface area contributed by atoms with Gasteiger partial charge in [0.05, 0.1) is 12.0 Å². The largest absolute Gasteiger partial charge is 0.272 e. The molecule has 0 unspecified atom stereocenters. The maximum atomic E-state index is 12.3. The number of aryl methyl sites for hydroxylation is 1. The molecule has 0 saturated heterocycles. The first-order chi connectivity index (χ1) is 15.6. The smallest absolute Gasteiger partial charge is 0.250 e. The van der Waals surface area contributed by atoms with Crippen molar-refractivity contribution in [2.75, 3.05) is 5.75 Å². The number of hydrogen-bond acceptors (Lipinski definition) is 5. The van der Waals surface area contributed by atoms with E-state index in [-0.39, 0.29) is 11.7 Å². The summed E-state index contributed by atoms with van der Waals surface area (Å²) in [6, 6.07) is 25.7. The van der Waals surface area contributed by atoms with Crippen LogP contribution in [0.15, 0.2) is 93.6 Å². The molecule has 0 bridgehead atoms. The van der Waals surface area contributed by atoms with Crippen LogP contribution in [0, 0.1) is 6.92 Å². The average molecular weight is 506 g/mol. The highest BCUT2D eigenvalue weighted by Crippen LogP contribution is 2.28. The minimum Gasteiger partial charge on any atom is -0.272 e. The molecule has 0 aliphatic rings. The van der Waals surface area contributed by atoms with E-state index in [0.29, 0.717) is 5.16 Å². The van der Waals surface area contributed by atoms with Crippen LogP contribution in [0.25, 0.3) is 17.1 Å². The summed E-state index contributed by atoms with van der Waals surface area (Å²) in [5.41, 5.74) is 6.51. The van der Waals surface area contributed by atoms with Gasteiger partial charge in [0.1, 0.15) is 0 Å². The van der Waals surface area contributed by atoms with Gasteiger partial charge in [0.2, 0.25) is 0 Å². The van der Waals surface area contributed by atoms with Crippen molar-refractivity contribution in [1.29, 1.82) is 0 Å². The second-order valence-electron chi connectivity index (χ2n) is 6.98. The van der Waals surface area contributed by atoms with Gasteiger partial charge in [-0.1, -0.05) is 87.9 Å². The quantitative estimate of drug-likeness (QED) is 0.211. The maximum absolute atomic E-state index is 12.3. The Labute approximate surface area is 198 Å². The van der Waals surface area contributed by atoms with Gasteiger partial charge in [-0.15, -0.1) is 10.2 Å². The van der Waals surface area contributed by atoms with Crippen molar-refractivity contribution in [1.82, 2.24) is 20.2 Å². The molecule has 1 heterocycles. The van der Waals surface area contributed by atoms with Crippen LogP contribution in [0.1, 0.15) is 11.1 Å². The van der Waals surface area contributed by atoms with E-state index in [1.165, 1.54) is 17.3 Å². The van der Waals surface area contributed by atoms with Crippen molar-refractivity contribution in [3.63, 3.8) is 0 Å². The number of benzene rings is 3. The summed E-state index contributed by atoms with van der Waals surface area (Å²) in [6.07, 6.45) is 1.61. The van der Waals surface area contributed by atoms with Crippen LogP contribution in [0.5, 0.6) is 0 Å². The van der Waals surface area contributed by atoms with Crippen molar-refractivity contribution in [3.05, 3.63) is 94.5 Å². The van der Waals surface area contributed by atoms with Crippen molar-refractivity contribution >= 4 is 39.8 Å². The van der Waals surface area contributed by atoms with Gasteiger partial charge in [-0.3, -0.25) is 9.36 Å². The predicted molar refractivity (Wildman–Crippen MR) is 132 cm³/mol. The first-order valence-corrected chi connectivity index (χ1v) is 11.7. The Balaban J connectivity index is 1.50. The van der Waals surface area contributed by atoms with Gasteiger partial charge in [0.15, 0.2) is 11.0 Å². The fourth-order valence-corrected chi connectivity index (χ4v) is 4.15. The van der Waals surface area contributed by atoms with Crippen molar-refractivity contribution < 1.29 is 4.79 Å². The molecule has 6 nitrogen and oxygen atoms in total. The minimum absolute atomic E-state index is 0.161. The number of rotatable bonds is 7. The van der Waals surface area contributed by atoms with Crippen LogP contribution in [0.3, 0.4) is 0 Å². The van der Waals surface area contributed by atoms with Crippen LogP contribution >= 0.6 is 27.7 Å². The Hall–Kier alpha value is -3.23. The number of hydrazone groups is 1. The molecule has 0 spiro atoms. The third-order valence-electron chi connectivity index (χ3n) is 4.54. The Morgan fingerprint density at radius 3 is 2.59 bits per heavy atom. The molecule has 0 atom stereocenters. The third-order valence-corrected chi connectivity index (χ3v) is 5.96. The second-order valence-corrected chi connectivity index (χ2v) is 8.84. The minimum atomic E-state index is -0.221. The van der Waals surface area contributed by atoms with Gasteiger partial charge in [0.25, 0.3) is 5.91 Å². The number of aromatic nitrogens is 3. The Bertz CT molecular complexity index is 1240. The Morgan fingerprint density at radius 2 is 1.84 bits per heavy atom. The summed E-state index contributed by atoms with van der Waals surface area (Å²) >= 11 is 4.73. The van der Waals surface area contributed by atoms with Crippen LogP contribution in [-0.4, -0.2) is 32.6 Å². The van der Waals surface area contributed by atoms with Crippen LogP contribution in [0.4, 0.5) is 0 Å². The first-order valence-electron chi connectivity index (χ1n) is 9.88. The third kappa shape index (κ3) is 5.52. The average Bonchev–Trinajstić information content (AvgIpc) is 3.23. The van der Waals surface area contributed by atoms with Crippen molar-refractivity contribution in [2.24, 2.45) is 5.10 Å². The van der Waals surface area contributed by atoms with E-state index in [4.69, 9.17) is 0 Å². The number of nitrogens with one attached hydrogen (secondary N) is 1. The standard InChI is InChI=1S/C24H20BrN5OS/c1-17-10-12-21(13-11-17)30-23(19-7-3-2-4-8-19)28-29-24(30)32-16-22(31)27-26-15-18-6-5-9-20(25)14-18/h2-15H,16H2,1H3,(H,27,31). The summed E-state index contributed by atoms with van der Waals surface area (Å²) in [4.78, 5) is 12.3. The molecule has 0 radical (unpaired) electrons. The molecule has 1 amide bonds. The molecule has 0 fully saturated rings. The summed E-state index contributed by atoms with van der Waals surface area (Å²) < 4.78 is 2.92. The summed E-state index contributed by atoms with van der Waals surface area (Å²) in [5.74, 6) is 0.667. The monoisotopic (exact) mass is 505 g/mol. The highest BCUT2D eigenvalue weighted by atomic mass is 79.9. The number of thioether (sulfide) groups is 1. The molecule has 0 aliphatic carbocycles. The van der Waals surface area contributed by atoms with Gasteiger partial charge in [-0.25, -0.2) is 5.43 Å². The summed E-state index contributed by atoms with van der Waals surface area (Å²) in [5, 5.41) is 13.4. The lowest BCUT2D eigenvalue weighted by atomic mass is 10.2. The molecular weight excluding hydrogens is 486 g/mol. The first kappa shape index (κ1) is 22.0. The number of carbonyl (C=O) groups excluding carboxylic acids is 1. The maximum Gasteiger partial charge on any atom is 0.250 e. The predicted octanol–water partition coefficient (Wildman–Crippen LogP) is 5.25. The summed E-state index contributed by atoms with van der Waals surface area (Å²) in [7, 11) is 0. The lowest BCUT2D eigenvalue weighted by Crippen LogP contribution is -2.20. The fourth-order valence-electron chi connectivity index (χ4n) is 2.99. The summed E-state index contributed by atoms with van der Waals surface area (Å²) in [6.45, 7) is 2.04. The lowest BCUT2D eigenvalue weighted by molar-refractivity contribution is -0.118. The molecule has 4 aromatic rings. The molecule has 1 N–H and O–H groups in total. The SMILES string of the molecule is Cc1ccc(-n2c(SCC(=O)NN=Cc3cccc(Br)c3)nnc2-c2ccccc2)cc1. The number of hydrogen-bond donors (Lipinski definition) is 1. The van der Waals surface area contributed by atoms with E-state index in [0.717, 1.165) is 27.1 Å². The molecule has 3 aromatic carbocycles. The topological polar surface area (TPSA) is 72.2 Å². The highest BCUT2D eigenvalue weighted by molar-refractivity contribution is 9.10. The number of halogens is 1. The number of nitrogens with zero attached hydrogens (tertiary/aromatic N) is 4. The van der Waals surface area contributed by atoms with Gasteiger partial charge >= 0.3 is 0 Å². The van der Waals surface area contributed by atoms with E-state index in [1.54, 1.807) is 6.21 Å². The Morgan fingerprint density at radius 1 is 1.06 bits per heavy atom.